The first kappa shape index (κ1) is 20.5. The van der Waals surface area contributed by atoms with E-state index in [4.69, 9.17) is 23.7 Å². The number of esters is 1. The number of pyridine rings is 1. The third-order valence-electron chi connectivity index (χ3n) is 5.90. The summed E-state index contributed by atoms with van der Waals surface area (Å²) >= 11 is 0. The molecule has 0 aromatic carbocycles. The van der Waals surface area contributed by atoms with Crippen LogP contribution in [0.15, 0.2) is 24.3 Å². The van der Waals surface area contributed by atoms with E-state index in [1.165, 1.54) is 7.11 Å². The normalized spacial score (nSPS) is 26.0. The van der Waals surface area contributed by atoms with Gasteiger partial charge in [0, 0.05) is 19.4 Å². The van der Waals surface area contributed by atoms with Crippen molar-refractivity contribution >= 4 is 12.0 Å². The van der Waals surface area contributed by atoms with Crippen LogP contribution in [0.3, 0.4) is 0 Å². The monoisotopic (exact) mass is 403 g/mol. The number of aromatic nitrogens is 1. The summed E-state index contributed by atoms with van der Waals surface area (Å²) in [6.45, 7) is 2.04. The zero-order chi connectivity index (χ0) is 20.2. The van der Waals surface area contributed by atoms with Crippen LogP contribution in [0.4, 0.5) is 0 Å². The minimum Gasteiger partial charge on any atom is -0.464 e. The molecule has 1 saturated carbocycles. The summed E-state index contributed by atoms with van der Waals surface area (Å²) in [5.74, 6) is -0.908. The highest BCUT2D eigenvalue weighted by Crippen LogP contribution is 2.44. The highest BCUT2D eigenvalue weighted by Gasteiger charge is 2.47. The number of carbonyl (C=O) groups is 1. The van der Waals surface area contributed by atoms with Crippen LogP contribution < -0.4 is 0 Å². The molecule has 1 aromatic rings. The molecule has 29 heavy (non-hydrogen) atoms. The lowest BCUT2D eigenvalue weighted by Crippen LogP contribution is -2.46. The molecule has 0 radical (unpaired) electrons. The highest BCUT2D eigenvalue weighted by atomic mass is 16.7. The zero-order valence-electron chi connectivity index (χ0n) is 16.9. The first-order valence-corrected chi connectivity index (χ1v) is 10.4. The number of carbonyl (C=O) groups excluding carboxylic acids is 1. The molecule has 2 saturated heterocycles. The summed E-state index contributed by atoms with van der Waals surface area (Å²) in [6.07, 6.45) is 10.0. The number of nitrogens with zero attached hydrogens (tertiary/aromatic N) is 1. The quantitative estimate of drug-likeness (QED) is 0.697. The van der Waals surface area contributed by atoms with Gasteiger partial charge < -0.3 is 23.7 Å². The van der Waals surface area contributed by atoms with Gasteiger partial charge in [0.1, 0.15) is 5.69 Å². The van der Waals surface area contributed by atoms with E-state index in [1.807, 2.05) is 12.1 Å². The van der Waals surface area contributed by atoms with Crippen molar-refractivity contribution in [1.82, 2.24) is 4.98 Å². The average Bonchev–Trinajstić information content (AvgIpc) is 3.23. The van der Waals surface area contributed by atoms with Crippen molar-refractivity contribution in [2.24, 2.45) is 0 Å². The first-order valence-electron chi connectivity index (χ1n) is 10.4. The van der Waals surface area contributed by atoms with Crippen molar-refractivity contribution in [3.63, 3.8) is 0 Å². The topological polar surface area (TPSA) is 76.1 Å². The number of hydrogen-bond acceptors (Lipinski definition) is 7. The maximum atomic E-state index is 11.8. The van der Waals surface area contributed by atoms with E-state index in [1.54, 1.807) is 12.1 Å². The highest BCUT2D eigenvalue weighted by molar-refractivity contribution is 5.87. The Morgan fingerprint density at radius 2 is 1.93 bits per heavy atom. The average molecular weight is 403 g/mol. The van der Waals surface area contributed by atoms with Crippen molar-refractivity contribution in [3.8, 4) is 0 Å². The number of ether oxygens (including phenoxy) is 5. The molecule has 3 aliphatic rings. The fourth-order valence-corrected chi connectivity index (χ4v) is 4.23. The summed E-state index contributed by atoms with van der Waals surface area (Å²) in [5, 5.41) is 0. The molecule has 4 rings (SSSR count). The van der Waals surface area contributed by atoms with Crippen LogP contribution in [-0.4, -0.2) is 55.6 Å². The molecule has 3 fully saturated rings. The Labute approximate surface area is 171 Å². The molecule has 1 unspecified atom stereocenters. The van der Waals surface area contributed by atoms with E-state index in [9.17, 15) is 4.79 Å². The SMILES string of the molecule is COC(=O)c1cccc(/C=C/C2(OC3CCCCO3)CCC3(CC2)OCCO3)n1. The fraction of sp³-hybridized carbons (Fsp3) is 0.636. The summed E-state index contributed by atoms with van der Waals surface area (Å²) in [6, 6.07) is 5.30. The Morgan fingerprint density at radius 3 is 2.62 bits per heavy atom. The molecular weight excluding hydrogens is 374 g/mol. The fourth-order valence-electron chi connectivity index (χ4n) is 4.23. The summed E-state index contributed by atoms with van der Waals surface area (Å²) in [7, 11) is 1.35. The lowest BCUT2D eigenvalue weighted by atomic mass is 9.80. The van der Waals surface area contributed by atoms with Gasteiger partial charge >= 0.3 is 5.97 Å². The molecule has 1 spiro atoms. The Balaban J connectivity index is 1.52. The predicted molar refractivity (Wildman–Crippen MR) is 105 cm³/mol. The van der Waals surface area contributed by atoms with Crippen LogP contribution in [0.1, 0.15) is 61.1 Å². The molecule has 158 valence electrons. The van der Waals surface area contributed by atoms with Crippen molar-refractivity contribution in [2.45, 2.75) is 62.6 Å². The Kier molecular flexibility index (Phi) is 6.29. The molecule has 1 aliphatic carbocycles. The van der Waals surface area contributed by atoms with Gasteiger partial charge in [-0.05, 0) is 50.3 Å². The largest absolute Gasteiger partial charge is 0.464 e. The van der Waals surface area contributed by atoms with Gasteiger partial charge in [-0.25, -0.2) is 9.78 Å². The van der Waals surface area contributed by atoms with Gasteiger partial charge in [0.25, 0.3) is 0 Å². The number of hydrogen-bond donors (Lipinski definition) is 0. The van der Waals surface area contributed by atoms with Gasteiger partial charge in [0.2, 0.25) is 0 Å². The van der Waals surface area contributed by atoms with Crippen molar-refractivity contribution in [3.05, 3.63) is 35.7 Å². The van der Waals surface area contributed by atoms with Crippen molar-refractivity contribution in [2.75, 3.05) is 26.9 Å². The zero-order valence-corrected chi connectivity index (χ0v) is 16.9. The molecule has 7 nitrogen and oxygen atoms in total. The van der Waals surface area contributed by atoms with Gasteiger partial charge in [0.05, 0.1) is 31.6 Å². The van der Waals surface area contributed by atoms with Gasteiger partial charge in [-0.2, -0.15) is 0 Å². The van der Waals surface area contributed by atoms with Gasteiger partial charge in [0.15, 0.2) is 12.1 Å². The standard InChI is InChI=1S/C22H29NO6/c1-25-20(24)18-6-4-5-17(23-18)8-9-21(29-19-7-2-3-14-26-19)10-12-22(13-11-21)27-15-16-28-22/h4-6,8-9,19H,2-3,7,10-16H2,1H3/b9-8+. The lowest BCUT2D eigenvalue weighted by Gasteiger charge is -2.44. The van der Waals surface area contributed by atoms with E-state index < -0.39 is 17.4 Å². The maximum Gasteiger partial charge on any atom is 0.356 e. The van der Waals surface area contributed by atoms with Crippen LogP contribution in [0.5, 0.6) is 0 Å². The molecule has 1 atom stereocenters. The summed E-state index contributed by atoms with van der Waals surface area (Å²) < 4.78 is 28.9. The summed E-state index contributed by atoms with van der Waals surface area (Å²) in [5.41, 5.74) is 0.510. The summed E-state index contributed by atoms with van der Waals surface area (Å²) in [4.78, 5) is 16.1. The van der Waals surface area contributed by atoms with E-state index in [2.05, 4.69) is 11.1 Å². The van der Waals surface area contributed by atoms with Gasteiger partial charge in [-0.1, -0.05) is 12.1 Å². The van der Waals surface area contributed by atoms with E-state index in [0.29, 0.717) is 18.9 Å². The van der Waals surface area contributed by atoms with Gasteiger partial charge in [-0.15, -0.1) is 0 Å². The first-order chi connectivity index (χ1) is 14.1. The Hall–Kier alpha value is -1.80. The predicted octanol–water partition coefficient (Wildman–Crippen LogP) is 3.48. The third-order valence-corrected chi connectivity index (χ3v) is 5.90. The van der Waals surface area contributed by atoms with E-state index in [-0.39, 0.29) is 12.0 Å². The Bertz CT molecular complexity index is 727. The van der Waals surface area contributed by atoms with Crippen LogP contribution in [0.25, 0.3) is 6.08 Å². The smallest absolute Gasteiger partial charge is 0.356 e. The van der Waals surface area contributed by atoms with Crippen LogP contribution >= 0.6 is 0 Å². The minimum atomic E-state index is -0.467. The molecule has 1 aromatic heterocycles. The minimum absolute atomic E-state index is 0.192. The lowest BCUT2D eigenvalue weighted by molar-refractivity contribution is -0.249. The van der Waals surface area contributed by atoms with Crippen LogP contribution in [-0.2, 0) is 23.7 Å². The molecular formula is C22H29NO6. The van der Waals surface area contributed by atoms with Crippen molar-refractivity contribution < 1.29 is 28.5 Å². The van der Waals surface area contributed by atoms with E-state index in [0.717, 1.165) is 51.6 Å². The Morgan fingerprint density at radius 1 is 1.14 bits per heavy atom. The molecule has 3 heterocycles. The van der Waals surface area contributed by atoms with Gasteiger partial charge in [-0.3, -0.25) is 0 Å². The van der Waals surface area contributed by atoms with Crippen molar-refractivity contribution in [1.29, 1.82) is 0 Å². The van der Waals surface area contributed by atoms with Crippen LogP contribution in [0, 0.1) is 0 Å². The molecule has 0 N–H and O–H groups in total. The number of rotatable bonds is 5. The molecule has 2 aliphatic heterocycles. The number of methoxy groups -OCH3 is 1. The molecule has 0 bridgehead atoms. The van der Waals surface area contributed by atoms with E-state index >= 15 is 0 Å². The van der Waals surface area contributed by atoms with Crippen LogP contribution in [0.2, 0.25) is 0 Å². The third kappa shape index (κ3) is 4.86. The molecule has 0 amide bonds. The molecule has 7 heteroatoms. The second-order valence-corrected chi connectivity index (χ2v) is 7.86. The maximum absolute atomic E-state index is 11.8. The second-order valence-electron chi connectivity index (χ2n) is 7.86. The second kappa shape index (κ2) is 8.92.